The molecule has 0 radical (unpaired) electrons. The van der Waals surface area contributed by atoms with Gasteiger partial charge in [-0.3, -0.25) is 4.79 Å². The van der Waals surface area contributed by atoms with Crippen LogP contribution in [-0.4, -0.2) is 46.5 Å². The lowest BCUT2D eigenvalue weighted by molar-refractivity contribution is -0.129. The Kier molecular flexibility index (Phi) is 4.57. The fourth-order valence-corrected chi connectivity index (χ4v) is 4.49. The average molecular weight is 363 g/mol. The molecule has 24 heavy (non-hydrogen) atoms. The molecule has 1 aromatic carbocycles. The third kappa shape index (κ3) is 3.21. The van der Waals surface area contributed by atoms with Crippen LogP contribution in [-0.2, 0) is 4.79 Å². The second kappa shape index (κ2) is 6.98. The van der Waals surface area contributed by atoms with Crippen molar-refractivity contribution in [2.24, 2.45) is 0 Å². The summed E-state index contributed by atoms with van der Waals surface area (Å²) in [5, 5.41) is 7.77. The van der Waals surface area contributed by atoms with Gasteiger partial charge in [-0.15, -0.1) is 10.2 Å². The van der Waals surface area contributed by atoms with Crippen molar-refractivity contribution < 1.29 is 14.3 Å². The van der Waals surface area contributed by atoms with Crippen molar-refractivity contribution in [1.82, 2.24) is 15.1 Å². The highest BCUT2D eigenvalue weighted by molar-refractivity contribution is 8.01. The lowest BCUT2D eigenvalue weighted by Gasteiger charge is -2.26. The van der Waals surface area contributed by atoms with Crippen LogP contribution in [0.3, 0.4) is 0 Å². The second-order valence-electron chi connectivity index (χ2n) is 5.64. The number of hydrogen-bond acceptors (Lipinski definition) is 7. The zero-order valence-electron chi connectivity index (χ0n) is 13.0. The van der Waals surface area contributed by atoms with Crippen molar-refractivity contribution in [2.45, 2.75) is 23.2 Å². The first-order chi connectivity index (χ1) is 11.8. The molecule has 0 unspecified atom stereocenters. The molecule has 4 rings (SSSR count). The Hall–Kier alpha value is -1.80. The Morgan fingerprint density at radius 1 is 1.33 bits per heavy atom. The van der Waals surface area contributed by atoms with Gasteiger partial charge in [-0.1, -0.05) is 29.2 Å². The van der Waals surface area contributed by atoms with Crippen LogP contribution in [0.5, 0.6) is 11.5 Å². The number of nitrogens with zero attached hydrogens (tertiary/aromatic N) is 3. The molecular formula is C16H17N3O3S2. The van der Waals surface area contributed by atoms with E-state index in [1.165, 1.54) is 23.1 Å². The standard InChI is InChI=1S/C16H17N3O3S2/c20-15(9-23-16-18-17-10-24-16)19-5-1-2-12(19)11-3-4-13-14(8-11)22-7-6-21-13/h3-4,8,10,12H,1-2,5-7,9H2/t12-/m0/s1. The summed E-state index contributed by atoms with van der Waals surface area (Å²) in [6, 6.07) is 6.12. The zero-order valence-corrected chi connectivity index (χ0v) is 14.6. The van der Waals surface area contributed by atoms with Gasteiger partial charge in [0.2, 0.25) is 5.91 Å². The Bertz CT molecular complexity index is 723. The van der Waals surface area contributed by atoms with E-state index in [9.17, 15) is 4.79 Å². The van der Waals surface area contributed by atoms with Gasteiger partial charge in [0.25, 0.3) is 0 Å². The first-order valence-corrected chi connectivity index (χ1v) is 9.76. The number of fused-ring (bicyclic) bond motifs is 1. The summed E-state index contributed by atoms with van der Waals surface area (Å²) in [6.07, 6.45) is 2.00. The van der Waals surface area contributed by atoms with Crippen LogP contribution in [0.2, 0.25) is 0 Å². The predicted molar refractivity (Wildman–Crippen MR) is 91.8 cm³/mol. The Labute approximate surface area is 148 Å². The minimum absolute atomic E-state index is 0.114. The molecule has 1 aromatic heterocycles. The Morgan fingerprint density at radius 2 is 2.21 bits per heavy atom. The maximum absolute atomic E-state index is 12.6. The molecule has 0 spiro atoms. The number of thioether (sulfide) groups is 1. The van der Waals surface area contributed by atoms with Crippen LogP contribution in [0.15, 0.2) is 28.0 Å². The minimum Gasteiger partial charge on any atom is -0.486 e. The highest BCUT2D eigenvalue weighted by Crippen LogP contribution is 2.38. The number of amides is 1. The zero-order chi connectivity index (χ0) is 16.4. The molecule has 1 fully saturated rings. The predicted octanol–water partition coefficient (Wildman–Crippen LogP) is 2.77. The van der Waals surface area contributed by atoms with Gasteiger partial charge in [0.05, 0.1) is 11.8 Å². The highest BCUT2D eigenvalue weighted by atomic mass is 32.2. The normalized spacial score (nSPS) is 19.5. The van der Waals surface area contributed by atoms with Crippen molar-refractivity contribution in [3.8, 4) is 11.5 Å². The monoisotopic (exact) mass is 363 g/mol. The quantitative estimate of drug-likeness (QED) is 0.779. The van der Waals surface area contributed by atoms with Crippen molar-refractivity contribution in [3.05, 3.63) is 29.3 Å². The molecular weight excluding hydrogens is 346 g/mol. The molecule has 2 aliphatic heterocycles. The van der Waals surface area contributed by atoms with Crippen molar-refractivity contribution in [3.63, 3.8) is 0 Å². The number of likely N-dealkylation sites (tertiary alicyclic amines) is 1. The van der Waals surface area contributed by atoms with E-state index in [-0.39, 0.29) is 11.9 Å². The first kappa shape index (κ1) is 15.7. The fourth-order valence-electron chi connectivity index (χ4n) is 3.11. The van der Waals surface area contributed by atoms with Gasteiger partial charge in [-0.2, -0.15) is 0 Å². The third-order valence-corrected chi connectivity index (χ3v) is 6.03. The van der Waals surface area contributed by atoms with Crippen LogP contribution >= 0.6 is 23.1 Å². The summed E-state index contributed by atoms with van der Waals surface area (Å²) < 4.78 is 12.1. The summed E-state index contributed by atoms with van der Waals surface area (Å²) in [5.74, 6) is 2.11. The molecule has 2 aromatic rings. The lowest BCUT2D eigenvalue weighted by Crippen LogP contribution is -2.32. The smallest absolute Gasteiger partial charge is 0.233 e. The largest absolute Gasteiger partial charge is 0.486 e. The molecule has 3 heterocycles. The Balaban J connectivity index is 1.47. The number of benzene rings is 1. The van der Waals surface area contributed by atoms with Gasteiger partial charge < -0.3 is 14.4 Å². The maximum atomic E-state index is 12.6. The van der Waals surface area contributed by atoms with Crippen LogP contribution < -0.4 is 9.47 Å². The molecule has 0 aliphatic carbocycles. The third-order valence-electron chi connectivity index (χ3n) is 4.18. The number of hydrogen-bond donors (Lipinski definition) is 0. The van der Waals surface area contributed by atoms with E-state index in [1.54, 1.807) is 5.51 Å². The van der Waals surface area contributed by atoms with Gasteiger partial charge >= 0.3 is 0 Å². The molecule has 6 nitrogen and oxygen atoms in total. The van der Waals surface area contributed by atoms with Crippen molar-refractivity contribution >= 4 is 29.0 Å². The lowest BCUT2D eigenvalue weighted by atomic mass is 10.0. The number of rotatable bonds is 4. The van der Waals surface area contributed by atoms with Gasteiger partial charge in [0.15, 0.2) is 15.8 Å². The van der Waals surface area contributed by atoms with Gasteiger partial charge in [0, 0.05) is 6.54 Å². The SMILES string of the molecule is O=C(CSc1nncs1)N1CCC[C@H]1c1ccc2c(c1)OCCO2. The molecule has 1 saturated heterocycles. The molecule has 0 bridgehead atoms. The van der Waals surface area contributed by atoms with Crippen molar-refractivity contribution in [2.75, 3.05) is 25.5 Å². The number of aromatic nitrogens is 2. The summed E-state index contributed by atoms with van der Waals surface area (Å²) in [4.78, 5) is 14.6. The van der Waals surface area contributed by atoms with Gasteiger partial charge in [0.1, 0.15) is 18.7 Å². The molecule has 0 N–H and O–H groups in total. The summed E-state index contributed by atoms with van der Waals surface area (Å²) in [6.45, 7) is 1.96. The summed E-state index contributed by atoms with van der Waals surface area (Å²) >= 11 is 2.91. The fraction of sp³-hybridized carbons (Fsp3) is 0.438. The molecule has 0 saturated carbocycles. The van der Waals surface area contributed by atoms with E-state index in [1.807, 2.05) is 23.1 Å². The van der Waals surface area contributed by atoms with Crippen LogP contribution in [0.4, 0.5) is 0 Å². The maximum Gasteiger partial charge on any atom is 0.233 e. The van der Waals surface area contributed by atoms with Crippen LogP contribution in [0, 0.1) is 0 Å². The van der Waals surface area contributed by atoms with Crippen molar-refractivity contribution in [1.29, 1.82) is 0 Å². The molecule has 126 valence electrons. The van der Waals surface area contributed by atoms with E-state index in [0.29, 0.717) is 19.0 Å². The van der Waals surface area contributed by atoms with E-state index in [2.05, 4.69) is 10.2 Å². The van der Waals surface area contributed by atoms with Crippen LogP contribution in [0.1, 0.15) is 24.4 Å². The number of carbonyl (C=O) groups is 1. The Morgan fingerprint density at radius 3 is 3.04 bits per heavy atom. The van der Waals surface area contributed by atoms with E-state index in [4.69, 9.17) is 9.47 Å². The van der Waals surface area contributed by atoms with E-state index >= 15 is 0 Å². The first-order valence-electron chi connectivity index (χ1n) is 7.89. The molecule has 1 amide bonds. The minimum atomic E-state index is 0.114. The summed E-state index contributed by atoms with van der Waals surface area (Å²) in [7, 11) is 0. The van der Waals surface area contributed by atoms with E-state index < -0.39 is 0 Å². The van der Waals surface area contributed by atoms with Crippen LogP contribution in [0.25, 0.3) is 0 Å². The molecule has 2 aliphatic rings. The van der Waals surface area contributed by atoms with Gasteiger partial charge in [-0.25, -0.2) is 0 Å². The average Bonchev–Trinajstić information content (AvgIpc) is 3.31. The molecule has 8 heteroatoms. The summed E-state index contributed by atoms with van der Waals surface area (Å²) in [5.41, 5.74) is 2.80. The van der Waals surface area contributed by atoms with E-state index in [0.717, 1.165) is 40.8 Å². The molecule has 1 atom stereocenters. The highest BCUT2D eigenvalue weighted by Gasteiger charge is 2.30. The van der Waals surface area contributed by atoms with Gasteiger partial charge in [-0.05, 0) is 30.5 Å². The second-order valence-corrected chi connectivity index (χ2v) is 7.70. The topological polar surface area (TPSA) is 64.6 Å². The number of carbonyl (C=O) groups excluding carboxylic acids is 1. The number of ether oxygens (including phenoxy) is 2.